The second-order valence-electron chi connectivity index (χ2n) is 10.9. The number of H-pyrrole nitrogens is 1. The molecule has 4 heterocycles. The smallest absolute Gasteiger partial charge is 0.407 e. The van der Waals surface area contributed by atoms with E-state index in [1.54, 1.807) is 29.1 Å². The molecule has 3 fully saturated rings. The minimum Gasteiger partial charge on any atom is -0.443 e. The molecule has 39 heavy (non-hydrogen) atoms. The molecule has 0 unspecified atom stereocenters. The number of amides is 1. The highest BCUT2D eigenvalue weighted by molar-refractivity contribution is 5.77. The zero-order valence-corrected chi connectivity index (χ0v) is 21.3. The number of nitriles is 1. The fraction of sp³-hybridized carbons (Fsp3) is 0.462. The van der Waals surface area contributed by atoms with Gasteiger partial charge in [-0.1, -0.05) is 0 Å². The van der Waals surface area contributed by atoms with Gasteiger partial charge in [-0.25, -0.2) is 19.2 Å². The third-order valence-electron chi connectivity index (χ3n) is 7.85. The molecule has 0 aromatic carbocycles. The normalized spacial score (nSPS) is 23.5. The summed E-state index contributed by atoms with van der Waals surface area (Å²) in [6.07, 6.45) is 7.31. The van der Waals surface area contributed by atoms with E-state index in [1.807, 2.05) is 17.7 Å². The average molecular weight is 531 g/mol. The van der Waals surface area contributed by atoms with E-state index in [0.717, 1.165) is 36.9 Å². The maximum Gasteiger partial charge on any atom is 0.407 e. The Morgan fingerprint density at radius 1 is 1.31 bits per heavy atom. The molecule has 0 aliphatic heterocycles. The summed E-state index contributed by atoms with van der Waals surface area (Å²) in [6, 6.07) is 6.12. The lowest BCUT2D eigenvalue weighted by molar-refractivity contribution is 0.0546. The van der Waals surface area contributed by atoms with Gasteiger partial charge in [-0.2, -0.15) is 15.5 Å². The van der Waals surface area contributed by atoms with Crippen LogP contribution in [0.1, 0.15) is 68.8 Å². The third kappa shape index (κ3) is 4.35. The predicted molar refractivity (Wildman–Crippen MR) is 137 cm³/mol. The van der Waals surface area contributed by atoms with Crippen molar-refractivity contribution in [3.05, 3.63) is 42.1 Å². The molecule has 7 rings (SSSR count). The van der Waals surface area contributed by atoms with Crippen LogP contribution in [0, 0.1) is 11.3 Å². The number of alkyl carbamates (subject to hydrolysis) is 1. The van der Waals surface area contributed by atoms with E-state index < -0.39 is 24.3 Å². The van der Waals surface area contributed by atoms with Crippen LogP contribution in [0.25, 0.3) is 16.9 Å². The Labute approximate surface area is 222 Å². The monoisotopic (exact) mass is 530 g/mol. The average Bonchev–Trinajstić information content (AvgIpc) is 3.59. The van der Waals surface area contributed by atoms with Crippen LogP contribution in [0.5, 0.6) is 0 Å². The van der Waals surface area contributed by atoms with Crippen molar-refractivity contribution in [3.8, 4) is 17.3 Å². The van der Waals surface area contributed by atoms with Crippen molar-refractivity contribution < 1.29 is 13.9 Å². The molecule has 3 N–H and O–H groups in total. The Kier molecular flexibility index (Phi) is 5.33. The molecule has 3 aliphatic rings. The quantitative estimate of drug-likeness (QED) is 0.323. The molecule has 0 radical (unpaired) electrons. The van der Waals surface area contributed by atoms with Crippen molar-refractivity contribution in [2.75, 3.05) is 5.32 Å². The van der Waals surface area contributed by atoms with Crippen LogP contribution >= 0.6 is 0 Å². The van der Waals surface area contributed by atoms with E-state index in [0.29, 0.717) is 42.0 Å². The number of halogens is 1. The summed E-state index contributed by atoms with van der Waals surface area (Å²) >= 11 is 0. The number of rotatable bonds is 7. The number of fused-ring (bicyclic) bond motifs is 1. The number of anilines is 2. The van der Waals surface area contributed by atoms with Gasteiger partial charge in [-0.15, -0.1) is 0 Å². The second kappa shape index (κ2) is 8.79. The number of alkyl halides is 1. The molecular formula is C26H27FN10O2. The standard InChI is InChI=1S/C26H27FN10O2/c1-26(7-8-26)33-25(38)39-20-5-4-16(22(20)27)18-10-21(35-34-18)32-24-29-12-17(23-31-14(11-28)13-36(23)24)19-6-9-30-37(19)15-2-3-15/h6,9-10,12-13,15-16,20,22H,2-5,7-8H2,1H3,(H,33,38)(H2,29,32,34,35)/t16-,20-,22-/m1/s1. The van der Waals surface area contributed by atoms with Crippen molar-refractivity contribution in [3.63, 3.8) is 0 Å². The molecule has 3 aliphatic carbocycles. The molecule has 12 nitrogen and oxygen atoms in total. The zero-order chi connectivity index (χ0) is 26.7. The summed E-state index contributed by atoms with van der Waals surface area (Å²) in [4.78, 5) is 21.3. The number of nitrogens with zero attached hydrogens (tertiary/aromatic N) is 7. The lowest BCUT2D eigenvalue weighted by atomic mass is 10.0. The highest BCUT2D eigenvalue weighted by Gasteiger charge is 2.43. The number of aromatic nitrogens is 7. The lowest BCUT2D eigenvalue weighted by Gasteiger charge is -2.19. The van der Waals surface area contributed by atoms with E-state index in [4.69, 9.17) is 4.74 Å². The third-order valence-corrected chi connectivity index (χ3v) is 7.85. The predicted octanol–water partition coefficient (Wildman–Crippen LogP) is 4.13. The van der Waals surface area contributed by atoms with Gasteiger partial charge in [-0.05, 0) is 51.5 Å². The largest absolute Gasteiger partial charge is 0.443 e. The van der Waals surface area contributed by atoms with Gasteiger partial charge in [0.2, 0.25) is 5.95 Å². The maximum absolute atomic E-state index is 15.3. The number of aromatic amines is 1. The molecule has 3 atom stereocenters. The summed E-state index contributed by atoms with van der Waals surface area (Å²) in [5.74, 6) is 0.379. The Hall–Kier alpha value is -4.47. The van der Waals surface area contributed by atoms with E-state index in [9.17, 15) is 10.1 Å². The number of carbonyl (C=O) groups excluding carboxylic acids is 1. The first kappa shape index (κ1) is 23.6. The summed E-state index contributed by atoms with van der Waals surface area (Å²) in [6.45, 7) is 1.95. The molecule has 0 saturated heterocycles. The zero-order valence-electron chi connectivity index (χ0n) is 21.3. The van der Waals surface area contributed by atoms with Crippen molar-refractivity contribution in [2.45, 2.75) is 75.2 Å². The van der Waals surface area contributed by atoms with Gasteiger partial charge in [0.15, 0.2) is 17.2 Å². The van der Waals surface area contributed by atoms with Gasteiger partial charge < -0.3 is 15.4 Å². The molecule has 3 saturated carbocycles. The number of nitrogens with one attached hydrogen (secondary N) is 3. The fourth-order valence-corrected chi connectivity index (χ4v) is 5.25. The van der Waals surface area contributed by atoms with Gasteiger partial charge in [0.1, 0.15) is 18.3 Å². The Bertz CT molecular complexity index is 1610. The van der Waals surface area contributed by atoms with Gasteiger partial charge in [0.25, 0.3) is 0 Å². The summed E-state index contributed by atoms with van der Waals surface area (Å²) in [7, 11) is 0. The van der Waals surface area contributed by atoms with Crippen LogP contribution in [0.2, 0.25) is 0 Å². The van der Waals surface area contributed by atoms with Crippen LogP contribution in [-0.2, 0) is 4.74 Å². The van der Waals surface area contributed by atoms with E-state index in [-0.39, 0.29) is 11.2 Å². The molecule has 4 aromatic heterocycles. The molecule has 13 heteroatoms. The highest BCUT2D eigenvalue weighted by atomic mass is 19.1. The molecule has 200 valence electrons. The molecule has 0 bridgehead atoms. The van der Waals surface area contributed by atoms with Crippen molar-refractivity contribution in [2.24, 2.45) is 0 Å². The van der Waals surface area contributed by atoms with E-state index >= 15 is 4.39 Å². The molecule has 1 amide bonds. The first-order valence-electron chi connectivity index (χ1n) is 13.2. The van der Waals surface area contributed by atoms with Crippen LogP contribution in [-0.4, -0.2) is 58.3 Å². The van der Waals surface area contributed by atoms with Gasteiger partial charge in [-0.3, -0.25) is 14.2 Å². The summed E-state index contributed by atoms with van der Waals surface area (Å²) in [5.41, 5.74) is 2.88. The van der Waals surface area contributed by atoms with Crippen LogP contribution < -0.4 is 10.6 Å². The van der Waals surface area contributed by atoms with Crippen LogP contribution in [0.15, 0.2) is 30.7 Å². The molecule has 0 spiro atoms. The number of hydrogen-bond acceptors (Lipinski definition) is 8. The molecule has 4 aromatic rings. The minimum absolute atomic E-state index is 0.218. The number of imidazole rings is 1. The Balaban J connectivity index is 1.10. The highest BCUT2D eigenvalue weighted by Crippen LogP contribution is 2.40. The van der Waals surface area contributed by atoms with Crippen LogP contribution in [0.3, 0.4) is 0 Å². The molecular weight excluding hydrogens is 503 g/mol. The van der Waals surface area contributed by atoms with Gasteiger partial charge >= 0.3 is 6.09 Å². The first-order chi connectivity index (χ1) is 18.9. The first-order valence-corrected chi connectivity index (χ1v) is 13.2. The SMILES string of the molecule is CC1(NC(=O)O[C@@H]2CC[C@H](c3cc(Nc4ncc(-c5ccnn5C5CC5)c5nc(C#N)cn45)n[nH]3)[C@H]2F)CC1. The number of carbonyl (C=O) groups is 1. The van der Waals surface area contributed by atoms with Gasteiger partial charge in [0.05, 0.1) is 23.5 Å². The Morgan fingerprint density at radius 3 is 2.92 bits per heavy atom. The van der Waals surface area contributed by atoms with Crippen molar-refractivity contribution >= 4 is 23.5 Å². The topological polar surface area (TPSA) is 151 Å². The van der Waals surface area contributed by atoms with E-state index in [1.165, 1.54) is 0 Å². The van der Waals surface area contributed by atoms with Crippen molar-refractivity contribution in [1.29, 1.82) is 5.26 Å². The summed E-state index contributed by atoms with van der Waals surface area (Å²) < 4.78 is 24.4. The second-order valence-corrected chi connectivity index (χ2v) is 10.9. The van der Waals surface area contributed by atoms with Crippen LogP contribution in [0.4, 0.5) is 21.0 Å². The van der Waals surface area contributed by atoms with Gasteiger partial charge in [0, 0.05) is 35.6 Å². The minimum atomic E-state index is -1.34. The fourth-order valence-electron chi connectivity index (χ4n) is 5.25. The summed E-state index contributed by atoms with van der Waals surface area (Å²) in [5, 5.41) is 27.2. The lowest BCUT2D eigenvalue weighted by Crippen LogP contribution is -2.38. The van der Waals surface area contributed by atoms with Crippen molar-refractivity contribution in [1.82, 2.24) is 39.7 Å². The number of hydrogen-bond donors (Lipinski definition) is 3. The van der Waals surface area contributed by atoms with E-state index in [2.05, 4.69) is 42.0 Å². The Morgan fingerprint density at radius 2 is 2.15 bits per heavy atom. The maximum atomic E-state index is 15.3. The number of ether oxygens (including phenoxy) is 1.